The Morgan fingerprint density at radius 3 is 2.61 bits per heavy atom. The van der Waals surface area contributed by atoms with Gasteiger partial charge in [0.2, 0.25) is 0 Å². The summed E-state index contributed by atoms with van der Waals surface area (Å²) in [5.41, 5.74) is 3.16. The van der Waals surface area contributed by atoms with E-state index in [1.165, 1.54) is 0 Å². The summed E-state index contributed by atoms with van der Waals surface area (Å²) in [5.74, 6) is 2.68. The topological polar surface area (TPSA) is 53.5 Å². The minimum Gasteiger partial charge on any atom is -0.485 e. The van der Waals surface area contributed by atoms with Crippen LogP contribution >= 0.6 is 11.6 Å². The highest BCUT2D eigenvalue weighted by atomic mass is 35.5. The van der Waals surface area contributed by atoms with Crippen LogP contribution in [0, 0.1) is 0 Å². The molecule has 160 valence electrons. The van der Waals surface area contributed by atoms with Gasteiger partial charge in [0.25, 0.3) is 0 Å². The van der Waals surface area contributed by atoms with E-state index in [2.05, 4.69) is 45.3 Å². The van der Waals surface area contributed by atoms with Gasteiger partial charge in [0.15, 0.2) is 0 Å². The number of aromatic nitrogens is 2. The first-order valence-electron chi connectivity index (χ1n) is 10.7. The molecule has 4 heterocycles. The smallest absolute Gasteiger partial charge is 0.132 e. The zero-order valence-corrected chi connectivity index (χ0v) is 18.3. The van der Waals surface area contributed by atoms with Gasteiger partial charge >= 0.3 is 0 Å². The second-order valence-electron chi connectivity index (χ2n) is 8.14. The Kier molecular flexibility index (Phi) is 5.66. The molecule has 1 unspecified atom stereocenters. The van der Waals surface area contributed by atoms with Crippen molar-refractivity contribution in [1.29, 1.82) is 0 Å². The van der Waals surface area contributed by atoms with Crippen molar-refractivity contribution < 1.29 is 4.74 Å². The molecule has 1 N–H and O–H groups in total. The van der Waals surface area contributed by atoms with Gasteiger partial charge in [-0.2, -0.15) is 0 Å². The summed E-state index contributed by atoms with van der Waals surface area (Å²) in [5, 5.41) is 4.05. The van der Waals surface area contributed by atoms with Gasteiger partial charge in [-0.1, -0.05) is 17.7 Å². The summed E-state index contributed by atoms with van der Waals surface area (Å²) in [6.07, 6.45) is 4.64. The van der Waals surface area contributed by atoms with E-state index in [9.17, 15) is 0 Å². The number of pyridine rings is 2. The summed E-state index contributed by atoms with van der Waals surface area (Å²) in [7, 11) is 2.16. The number of piperazine rings is 1. The molecule has 6 nitrogen and oxygen atoms in total. The van der Waals surface area contributed by atoms with E-state index >= 15 is 0 Å². The van der Waals surface area contributed by atoms with Gasteiger partial charge < -0.3 is 19.9 Å². The molecule has 1 aromatic carbocycles. The molecule has 1 fully saturated rings. The molecule has 0 saturated carbocycles. The lowest BCUT2D eigenvalue weighted by Crippen LogP contribution is -2.44. The molecule has 1 atom stereocenters. The fourth-order valence-corrected chi connectivity index (χ4v) is 4.30. The zero-order chi connectivity index (χ0) is 21.2. The summed E-state index contributed by atoms with van der Waals surface area (Å²) in [6.45, 7) is 4.99. The number of hydrogen-bond donors (Lipinski definition) is 1. The van der Waals surface area contributed by atoms with Crippen LogP contribution in [0.3, 0.4) is 0 Å². The first-order valence-corrected chi connectivity index (χ1v) is 11.1. The average Bonchev–Trinajstić information content (AvgIpc) is 2.80. The Bertz CT molecular complexity index is 1050. The number of ether oxygens (including phenoxy) is 1. The third kappa shape index (κ3) is 4.45. The van der Waals surface area contributed by atoms with Crippen molar-refractivity contribution in [3.63, 3.8) is 0 Å². The highest BCUT2D eigenvalue weighted by molar-refractivity contribution is 6.30. The van der Waals surface area contributed by atoms with Gasteiger partial charge in [-0.25, -0.2) is 9.97 Å². The van der Waals surface area contributed by atoms with E-state index in [-0.39, 0.29) is 6.10 Å². The molecule has 3 aromatic rings. The minimum absolute atomic E-state index is 0.0697. The Balaban J connectivity index is 1.37. The Morgan fingerprint density at radius 1 is 1.00 bits per heavy atom. The summed E-state index contributed by atoms with van der Waals surface area (Å²) in [4.78, 5) is 14.1. The number of rotatable bonds is 4. The first-order chi connectivity index (χ1) is 15.2. The van der Waals surface area contributed by atoms with Gasteiger partial charge in [-0.05, 0) is 43.4 Å². The molecule has 7 heteroatoms. The molecule has 0 aliphatic carbocycles. The van der Waals surface area contributed by atoms with Crippen LogP contribution in [-0.4, -0.2) is 54.6 Å². The first kappa shape index (κ1) is 20.1. The van der Waals surface area contributed by atoms with E-state index in [1.54, 1.807) is 0 Å². The Hall–Kier alpha value is -2.83. The highest BCUT2D eigenvalue weighted by Crippen LogP contribution is 2.35. The summed E-state index contributed by atoms with van der Waals surface area (Å²) < 4.78 is 6.27. The second kappa shape index (κ2) is 8.73. The monoisotopic (exact) mass is 435 g/mol. The van der Waals surface area contributed by atoms with Crippen LogP contribution in [0.2, 0.25) is 5.02 Å². The fraction of sp³-hybridized carbons (Fsp3) is 0.333. The quantitative estimate of drug-likeness (QED) is 0.651. The summed E-state index contributed by atoms with van der Waals surface area (Å²) in [6, 6.07) is 13.9. The standard InChI is InChI=1S/C24H26ClN5O/c1-29-9-11-30(12-10-29)23-6-5-17(15-27-23)18-13-21-22(7-8-26-24(21)28-16-18)31-20-4-2-3-19(25)14-20/h2-6,13-16,22H,7-12H2,1H3,(H,26,28). The largest absolute Gasteiger partial charge is 0.485 e. The zero-order valence-electron chi connectivity index (χ0n) is 17.6. The second-order valence-corrected chi connectivity index (χ2v) is 8.57. The minimum atomic E-state index is -0.0697. The SMILES string of the molecule is CN1CCN(c2ccc(-c3cnc4c(c3)C(Oc3cccc(Cl)c3)CCN4)cn2)CC1. The van der Waals surface area contributed by atoms with Crippen LogP contribution in [-0.2, 0) is 0 Å². The van der Waals surface area contributed by atoms with Crippen LogP contribution < -0.4 is 15.0 Å². The normalized spacial score (nSPS) is 18.9. The van der Waals surface area contributed by atoms with Crippen LogP contribution in [0.25, 0.3) is 11.1 Å². The van der Waals surface area contributed by atoms with Gasteiger partial charge in [0.1, 0.15) is 23.5 Å². The van der Waals surface area contributed by atoms with E-state index in [4.69, 9.17) is 21.3 Å². The van der Waals surface area contributed by atoms with E-state index in [0.29, 0.717) is 5.02 Å². The average molecular weight is 436 g/mol. The van der Waals surface area contributed by atoms with Gasteiger partial charge in [-0.3, -0.25) is 0 Å². The number of anilines is 2. The van der Waals surface area contributed by atoms with Crippen LogP contribution in [0.1, 0.15) is 18.1 Å². The molecule has 0 spiro atoms. The number of nitrogens with one attached hydrogen (secondary N) is 1. The van der Waals surface area contributed by atoms with Crippen molar-refractivity contribution in [3.05, 3.63) is 65.4 Å². The van der Waals surface area contributed by atoms with E-state index in [1.807, 2.05) is 36.7 Å². The van der Waals surface area contributed by atoms with Gasteiger partial charge in [-0.15, -0.1) is 0 Å². The van der Waals surface area contributed by atoms with Crippen molar-refractivity contribution in [3.8, 4) is 16.9 Å². The van der Waals surface area contributed by atoms with Crippen molar-refractivity contribution in [2.75, 3.05) is 50.0 Å². The molecule has 0 bridgehead atoms. The Morgan fingerprint density at radius 2 is 1.84 bits per heavy atom. The molecule has 2 aliphatic heterocycles. The molecule has 2 aromatic heterocycles. The maximum atomic E-state index is 6.27. The Labute approximate surface area is 187 Å². The molecule has 2 aliphatic rings. The van der Waals surface area contributed by atoms with Crippen molar-refractivity contribution >= 4 is 23.2 Å². The number of nitrogens with zero attached hydrogens (tertiary/aromatic N) is 4. The van der Waals surface area contributed by atoms with E-state index in [0.717, 1.165) is 73.2 Å². The van der Waals surface area contributed by atoms with Crippen LogP contribution in [0.15, 0.2) is 54.9 Å². The molecular formula is C24H26ClN5O. The molecule has 0 radical (unpaired) electrons. The molecular weight excluding hydrogens is 410 g/mol. The lowest BCUT2D eigenvalue weighted by atomic mass is 9.99. The van der Waals surface area contributed by atoms with Gasteiger partial charge in [0.05, 0.1) is 0 Å². The lowest BCUT2D eigenvalue weighted by molar-refractivity contribution is 0.195. The van der Waals surface area contributed by atoms with Crippen molar-refractivity contribution in [2.24, 2.45) is 0 Å². The van der Waals surface area contributed by atoms with Crippen LogP contribution in [0.5, 0.6) is 5.75 Å². The number of halogens is 1. The number of likely N-dealkylation sites (N-methyl/N-ethyl adjacent to an activating group) is 1. The maximum Gasteiger partial charge on any atom is 0.132 e. The fourth-order valence-electron chi connectivity index (χ4n) is 4.12. The molecule has 5 rings (SSSR count). The number of benzene rings is 1. The number of fused-ring (bicyclic) bond motifs is 1. The predicted octanol–water partition coefficient (Wildman–Crippen LogP) is 4.48. The summed E-state index contributed by atoms with van der Waals surface area (Å²) >= 11 is 6.13. The third-order valence-electron chi connectivity index (χ3n) is 5.95. The third-order valence-corrected chi connectivity index (χ3v) is 6.18. The molecule has 0 amide bonds. The van der Waals surface area contributed by atoms with E-state index < -0.39 is 0 Å². The molecule has 1 saturated heterocycles. The predicted molar refractivity (Wildman–Crippen MR) is 125 cm³/mol. The lowest BCUT2D eigenvalue weighted by Gasteiger charge is -2.33. The van der Waals surface area contributed by atoms with Crippen molar-refractivity contribution in [1.82, 2.24) is 14.9 Å². The van der Waals surface area contributed by atoms with Gasteiger partial charge in [0, 0.05) is 73.3 Å². The number of hydrogen-bond acceptors (Lipinski definition) is 6. The molecule has 31 heavy (non-hydrogen) atoms. The van der Waals surface area contributed by atoms with Crippen LogP contribution in [0.4, 0.5) is 11.6 Å². The van der Waals surface area contributed by atoms with Crippen molar-refractivity contribution in [2.45, 2.75) is 12.5 Å². The maximum absolute atomic E-state index is 6.27. The highest BCUT2D eigenvalue weighted by Gasteiger charge is 2.24.